The first kappa shape index (κ1) is 19.9. The normalized spacial score (nSPS) is 26.3. The molecule has 1 atom stereocenters. The minimum atomic E-state index is -6.81. The van der Waals surface area contributed by atoms with Gasteiger partial charge in [-0.1, -0.05) is 0 Å². The fourth-order valence-corrected chi connectivity index (χ4v) is 1.76. The maximum atomic E-state index is 13.8. The van der Waals surface area contributed by atoms with E-state index in [1.54, 1.807) is 0 Å². The lowest BCUT2D eigenvalue weighted by atomic mass is 9.99. The molecule has 1 fully saturated rings. The molecule has 0 saturated carbocycles. The van der Waals surface area contributed by atoms with Gasteiger partial charge in [0.2, 0.25) is 0 Å². The van der Waals surface area contributed by atoms with Crippen LogP contribution in [0.5, 0.6) is 0 Å². The summed E-state index contributed by atoms with van der Waals surface area (Å²) in [7, 11) is 0. The standard InChI is InChI=1S/C11H5F9N2O4/c12-7(13,6(24)22-21-5(23)4-2-1-3-25-4)10(18)8(14,15)9(16,17)11(19,20)26-10/h1-3H,(H,21,23)(H,22,24). The first-order chi connectivity index (χ1) is 11.6. The van der Waals surface area contributed by atoms with Crippen LogP contribution in [0.1, 0.15) is 10.6 Å². The number of hydrogen-bond donors (Lipinski definition) is 2. The predicted octanol–water partition coefficient (Wildman–Crippen LogP) is 2.24. The molecule has 2 N–H and O–H groups in total. The molecule has 26 heavy (non-hydrogen) atoms. The molecule has 6 nitrogen and oxygen atoms in total. The van der Waals surface area contributed by atoms with Crippen LogP contribution < -0.4 is 10.9 Å². The number of halogens is 9. The maximum absolute atomic E-state index is 13.8. The Bertz CT molecular complexity index is 721. The van der Waals surface area contributed by atoms with Crippen molar-refractivity contribution in [2.75, 3.05) is 0 Å². The third-order valence-electron chi connectivity index (χ3n) is 3.16. The monoisotopic (exact) mass is 400 g/mol. The third kappa shape index (κ3) is 2.40. The molecular weight excluding hydrogens is 395 g/mol. The van der Waals surface area contributed by atoms with Crippen molar-refractivity contribution in [3.8, 4) is 0 Å². The molecule has 0 aliphatic carbocycles. The molecule has 1 aliphatic rings. The Hall–Kier alpha value is -2.45. The highest BCUT2D eigenvalue weighted by atomic mass is 19.4. The van der Waals surface area contributed by atoms with Crippen molar-refractivity contribution < 1.29 is 58.3 Å². The van der Waals surface area contributed by atoms with Crippen LogP contribution in [-0.2, 0) is 9.53 Å². The third-order valence-corrected chi connectivity index (χ3v) is 3.16. The fraction of sp³-hybridized carbons (Fsp3) is 0.455. The molecule has 0 aromatic carbocycles. The molecule has 0 bridgehead atoms. The maximum Gasteiger partial charge on any atom is 0.428 e. The second-order valence-electron chi connectivity index (χ2n) is 4.82. The predicted molar refractivity (Wildman–Crippen MR) is 59.0 cm³/mol. The van der Waals surface area contributed by atoms with Gasteiger partial charge in [0.05, 0.1) is 6.26 Å². The molecule has 2 heterocycles. The minimum Gasteiger partial charge on any atom is -0.459 e. The lowest BCUT2D eigenvalue weighted by Gasteiger charge is -2.31. The minimum absolute atomic E-state index is 0.593. The number of hydrazine groups is 1. The summed E-state index contributed by atoms with van der Waals surface area (Å²) in [5, 5.41) is 0. The van der Waals surface area contributed by atoms with Gasteiger partial charge in [0.1, 0.15) is 0 Å². The number of carbonyl (C=O) groups excluding carboxylic acids is 2. The van der Waals surface area contributed by atoms with Gasteiger partial charge in [0.25, 0.3) is 0 Å². The van der Waals surface area contributed by atoms with Crippen molar-refractivity contribution >= 4 is 11.8 Å². The van der Waals surface area contributed by atoms with Crippen LogP contribution in [0.15, 0.2) is 22.8 Å². The van der Waals surface area contributed by atoms with Gasteiger partial charge in [-0.05, 0) is 12.1 Å². The first-order valence-electron chi connectivity index (χ1n) is 6.16. The highest BCUT2D eigenvalue weighted by Gasteiger charge is 2.96. The Morgan fingerprint density at radius 2 is 1.54 bits per heavy atom. The smallest absolute Gasteiger partial charge is 0.428 e. The van der Waals surface area contributed by atoms with Gasteiger partial charge in [-0.3, -0.25) is 25.2 Å². The van der Waals surface area contributed by atoms with E-state index in [0.717, 1.165) is 23.8 Å². The quantitative estimate of drug-likeness (QED) is 0.603. The molecule has 146 valence electrons. The van der Waals surface area contributed by atoms with Crippen LogP contribution in [0.4, 0.5) is 39.5 Å². The van der Waals surface area contributed by atoms with Gasteiger partial charge in [0.15, 0.2) is 5.76 Å². The molecule has 1 unspecified atom stereocenters. The molecule has 15 heteroatoms. The number of rotatable bonds is 3. The number of ether oxygens (including phenoxy) is 1. The lowest BCUT2D eigenvalue weighted by molar-refractivity contribution is -0.367. The van der Waals surface area contributed by atoms with Crippen LogP contribution in [0.25, 0.3) is 0 Å². The van der Waals surface area contributed by atoms with Crippen molar-refractivity contribution in [3.05, 3.63) is 24.2 Å². The van der Waals surface area contributed by atoms with Crippen LogP contribution >= 0.6 is 0 Å². The summed E-state index contributed by atoms with van der Waals surface area (Å²) in [6.07, 6.45) is -5.43. The number of hydrogen-bond acceptors (Lipinski definition) is 4. The van der Waals surface area contributed by atoms with E-state index < -0.39 is 47.3 Å². The summed E-state index contributed by atoms with van der Waals surface area (Å²) in [5.74, 6) is -31.4. The zero-order valence-electron chi connectivity index (χ0n) is 11.8. The van der Waals surface area contributed by atoms with Crippen molar-refractivity contribution in [2.24, 2.45) is 0 Å². The molecule has 2 rings (SSSR count). The number of furan rings is 1. The van der Waals surface area contributed by atoms with E-state index in [1.165, 1.54) is 0 Å². The summed E-state index contributed by atoms with van der Waals surface area (Å²) < 4.78 is 126. The van der Waals surface area contributed by atoms with Crippen LogP contribution in [-0.4, -0.2) is 41.5 Å². The van der Waals surface area contributed by atoms with E-state index in [0.29, 0.717) is 5.43 Å². The second kappa shape index (κ2) is 5.52. The Labute approximate surface area is 136 Å². The molecule has 0 radical (unpaired) electrons. The number of amides is 2. The van der Waals surface area contributed by atoms with E-state index in [9.17, 15) is 49.1 Å². The Kier molecular flexibility index (Phi) is 4.22. The van der Waals surface area contributed by atoms with Gasteiger partial charge in [0, 0.05) is 0 Å². The topological polar surface area (TPSA) is 80.6 Å². The van der Waals surface area contributed by atoms with Gasteiger partial charge in [-0.25, -0.2) is 0 Å². The average Bonchev–Trinajstić information content (AvgIpc) is 3.07. The van der Waals surface area contributed by atoms with Crippen molar-refractivity contribution in [1.82, 2.24) is 10.9 Å². The number of alkyl halides is 9. The summed E-state index contributed by atoms with van der Waals surface area (Å²) in [4.78, 5) is 22.5. The van der Waals surface area contributed by atoms with Gasteiger partial charge < -0.3 is 4.42 Å². The molecule has 2 amide bonds. The van der Waals surface area contributed by atoms with E-state index in [1.807, 2.05) is 0 Å². The number of carbonyl (C=O) groups is 2. The van der Waals surface area contributed by atoms with Crippen LogP contribution in [0.2, 0.25) is 0 Å². The summed E-state index contributed by atoms with van der Waals surface area (Å²) >= 11 is 0. The highest BCUT2D eigenvalue weighted by Crippen LogP contribution is 2.64. The highest BCUT2D eigenvalue weighted by molar-refractivity contribution is 5.94. The number of nitrogens with one attached hydrogen (secondary N) is 2. The van der Waals surface area contributed by atoms with Gasteiger partial charge in [-0.2, -0.15) is 39.5 Å². The Morgan fingerprint density at radius 1 is 0.962 bits per heavy atom. The lowest BCUT2D eigenvalue weighted by Crippen LogP contribution is -2.66. The summed E-state index contributed by atoms with van der Waals surface area (Å²) in [6.45, 7) is 0. The van der Waals surface area contributed by atoms with Crippen molar-refractivity contribution in [1.29, 1.82) is 0 Å². The summed E-state index contributed by atoms with van der Waals surface area (Å²) in [6, 6.07) is 2.09. The molecule has 1 aromatic heterocycles. The van der Waals surface area contributed by atoms with Crippen LogP contribution in [0, 0.1) is 0 Å². The Balaban J connectivity index is 2.25. The van der Waals surface area contributed by atoms with Crippen molar-refractivity contribution in [2.45, 2.75) is 29.7 Å². The molecular formula is C11H5F9N2O4. The van der Waals surface area contributed by atoms with E-state index >= 15 is 0 Å². The van der Waals surface area contributed by atoms with Gasteiger partial charge >= 0.3 is 41.5 Å². The van der Waals surface area contributed by atoms with E-state index in [4.69, 9.17) is 0 Å². The Morgan fingerprint density at radius 3 is 1.96 bits per heavy atom. The van der Waals surface area contributed by atoms with E-state index in [-0.39, 0.29) is 0 Å². The van der Waals surface area contributed by atoms with Crippen molar-refractivity contribution in [3.63, 3.8) is 0 Å². The van der Waals surface area contributed by atoms with Crippen LogP contribution in [0.3, 0.4) is 0 Å². The summed E-state index contributed by atoms with van der Waals surface area (Å²) in [5.41, 5.74) is 1.86. The molecule has 1 saturated heterocycles. The van der Waals surface area contributed by atoms with E-state index in [2.05, 4.69) is 9.15 Å². The second-order valence-corrected chi connectivity index (χ2v) is 4.82. The first-order valence-corrected chi connectivity index (χ1v) is 6.16. The molecule has 1 aliphatic heterocycles. The zero-order valence-corrected chi connectivity index (χ0v) is 11.8. The average molecular weight is 400 g/mol. The molecule has 0 spiro atoms. The fourth-order valence-electron chi connectivity index (χ4n) is 1.76. The molecule has 1 aromatic rings. The largest absolute Gasteiger partial charge is 0.459 e. The SMILES string of the molecule is O=C(NNC(=O)C(F)(F)C1(F)OC(F)(F)C(F)(F)C1(F)F)c1ccco1. The van der Waals surface area contributed by atoms with Gasteiger partial charge in [-0.15, -0.1) is 0 Å². The zero-order chi connectivity index (χ0) is 20.2.